The molecule has 1 aliphatic rings. The van der Waals surface area contributed by atoms with E-state index in [9.17, 15) is 4.79 Å². The summed E-state index contributed by atoms with van der Waals surface area (Å²) in [6.07, 6.45) is 4.81. The summed E-state index contributed by atoms with van der Waals surface area (Å²) in [7, 11) is 0. The number of hydrogen-bond donors (Lipinski definition) is 2. The van der Waals surface area contributed by atoms with E-state index in [-0.39, 0.29) is 30.7 Å². The molecule has 3 rings (SSSR count). The number of nitrogens with two attached hydrogens (primary N) is 1. The molecular weight excluding hydrogens is 393 g/mol. The van der Waals surface area contributed by atoms with Crippen LogP contribution in [0.25, 0.3) is 0 Å². The fourth-order valence-electron chi connectivity index (χ4n) is 3.65. The van der Waals surface area contributed by atoms with Crippen molar-refractivity contribution in [1.82, 2.24) is 10.2 Å². The Morgan fingerprint density at radius 2 is 1.75 bits per heavy atom. The van der Waals surface area contributed by atoms with Crippen molar-refractivity contribution >= 4 is 36.4 Å². The van der Waals surface area contributed by atoms with Crippen molar-refractivity contribution in [3.63, 3.8) is 0 Å². The first-order valence-electron chi connectivity index (χ1n) is 9.60. The number of benzene rings is 2. The number of piperidine rings is 1. The highest BCUT2D eigenvalue weighted by atomic mass is 35.5. The van der Waals surface area contributed by atoms with Crippen molar-refractivity contribution in [2.75, 3.05) is 18.8 Å². The average molecular weight is 424 g/mol. The van der Waals surface area contributed by atoms with Gasteiger partial charge in [-0.1, -0.05) is 55.0 Å². The normalized spacial score (nSPS) is 16.5. The van der Waals surface area contributed by atoms with Crippen LogP contribution in [-0.2, 0) is 17.8 Å². The number of halogens is 2. The number of carbonyl (C=O) groups is 1. The van der Waals surface area contributed by atoms with Gasteiger partial charge in [0.15, 0.2) is 0 Å². The van der Waals surface area contributed by atoms with Crippen LogP contribution in [0.2, 0.25) is 0 Å². The predicted octanol–water partition coefficient (Wildman–Crippen LogP) is 4.22. The lowest BCUT2D eigenvalue weighted by Crippen LogP contribution is -2.46. The first kappa shape index (κ1) is 24.3. The average Bonchev–Trinajstić information content (AvgIpc) is 2.67. The lowest BCUT2D eigenvalue weighted by Gasteiger charge is -2.36. The fraction of sp³-hybridized carbons (Fsp3) is 0.409. The molecule has 1 fully saturated rings. The topological polar surface area (TPSA) is 58.4 Å². The Morgan fingerprint density at radius 3 is 2.50 bits per heavy atom. The third-order valence-electron chi connectivity index (χ3n) is 5.19. The van der Waals surface area contributed by atoms with Gasteiger partial charge in [-0.25, -0.2) is 0 Å². The first-order valence-corrected chi connectivity index (χ1v) is 9.60. The van der Waals surface area contributed by atoms with E-state index in [2.05, 4.69) is 40.5 Å². The highest BCUT2D eigenvalue weighted by Gasteiger charge is 2.22. The molecule has 2 aromatic rings. The molecular formula is C22H31Cl2N3O. The second kappa shape index (κ2) is 12.7. The number of anilines is 1. The number of carbonyl (C=O) groups excluding carboxylic acids is 1. The van der Waals surface area contributed by atoms with Gasteiger partial charge < -0.3 is 11.1 Å². The lowest BCUT2D eigenvalue weighted by molar-refractivity contribution is -0.121. The van der Waals surface area contributed by atoms with Crippen LogP contribution in [0.3, 0.4) is 0 Å². The summed E-state index contributed by atoms with van der Waals surface area (Å²) in [5, 5.41) is 3.14. The van der Waals surface area contributed by atoms with E-state index in [0.717, 1.165) is 37.3 Å². The highest BCUT2D eigenvalue weighted by Crippen LogP contribution is 2.19. The molecule has 1 aliphatic heterocycles. The van der Waals surface area contributed by atoms with E-state index in [1.54, 1.807) is 0 Å². The van der Waals surface area contributed by atoms with Crippen LogP contribution in [0, 0.1) is 0 Å². The van der Waals surface area contributed by atoms with Crippen molar-refractivity contribution in [2.45, 2.75) is 44.7 Å². The molecule has 2 aromatic carbocycles. The molecule has 0 aromatic heterocycles. The molecule has 0 spiro atoms. The Hall–Kier alpha value is -1.75. The van der Waals surface area contributed by atoms with E-state index in [1.165, 1.54) is 18.4 Å². The van der Waals surface area contributed by atoms with E-state index in [1.807, 2.05) is 24.3 Å². The lowest BCUT2D eigenvalue weighted by atomic mass is 10.0. The van der Waals surface area contributed by atoms with Crippen LogP contribution in [-0.4, -0.2) is 29.9 Å². The van der Waals surface area contributed by atoms with Gasteiger partial charge in [-0.3, -0.25) is 9.69 Å². The van der Waals surface area contributed by atoms with Crippen molar-refractivity contribution in [3.8, 4) is 0 Å². The standard InChI is InChI=1S/C22H29N3O.2ClH/c23-21-12-5-4-10-19(21)13-14-22(26)24-16-20-11-6-7-15-25(20)17-18-8-2-1-3-9-18;;/h1-5,8-10,12,20H,6-7,11,13-17,23H2,(H,24,26);2*1H. The number of aryl methyl sites for hydroxylation is 1. The molecule has 0 radical (unpaired) electrons. The molecule has 3 N–H and O–H groups in total. The Balaban J connectivity index is 0.00000196. The van der Waals surface area contributed by atoms with E-state index in [0.29, 0.717) is 18.9 Å². The minimum atomic E-state index is 0. The zero-order valence-corrected chi connectivity index (χ0v) is 17.8. The van der Waals surface area contributed by atoms with Crippen LogP contribution in [0.1, 0.15) is 36.8 Å². The highest BCUT2D eigenvalue weighted by molar-refractivity contribution is 5.85. The van der Waals surface area contributed by atoms with Gasteiger partial charge in [0.1, 0.15) is 0 Å². The molecule has 154 valence electrons. The molecule has 0 saturated carbocycles. The monoisotopic (exact) mass is 423 g/mol. The number of likely N-dealkylation sites (tertiary alicyclic amines) is 1. The summed E-state index contributed by atoms with van der Waals surface area (Å²) in [6, 6.07) is 18.8. The Kier molecular flexibility index (Phi) is 11.0. The molecule has 1 atom stereocenters. The van der Waals surface area contributed by atoms with Gasteiger partial charge in [0.2, 0.25) is 5.91 Å². The van der Waals surface area contributed by atoms with Gasteiger partial charge in [0.05, 0.1) is 0 Å². The van der Waals surface area contributed by atoms with Crippen molar-refractivity contribution in [1.29, 1.82) is 0 Å². The number of nitrogens with zero attached hydrogens (tertiary/aromatic N) is 1. The van der Waals surface area contributed by atoms with Gasteiger partial charge in [-0.2, -0.15) is 0 Å². The zero-order chi connectivity index (χ0) is 18.2. The molecule has 0 aliphatic carbocycles. The third kappa shape index (κ3) is 7.34. The number of hydrogen-bond acceptors (Lipinski definition) is 3. The second-order valence-electron chi connectivity index (χ2n) is 7.11. The van der Waals surface area contributed by atoms with Crippen molar-refractivity contribution in [3.05, 3.63) is 65.7 Å². The molecule has 4 nitrogen and oxygen atoms in total. The number of amides is 1. The SMILES string of the molecule is Cl.Cl.Nc1ccccc1CCC(=O)NCC1CCCCN1Cc1ccccc1. The number of nitrogens with one attached hydrogen (secondary N) is 1. The van der Waals surface area contributed by atoms with Gasteiger partial charge in [-0.05, 0) is 43.0 Å². The van der Waals surface area contributed by atoms with Gasteiger partial charge >= 0.3 is 0 Å². The summed E-state index contributed by atoms with van der Waals surface area (Å²) in [5.41, 5.74) is 9.10. The smallest absolute Gasteiger partial charge is 0.220 e. The fourth-order valence-corrected chi connectivity index (χ4v) is 3.65. The van der Waals surface area contributed by atoms with Crippen LogP contribution in [0.15, 0.2) is 54.6 Å². The van der Waals surface area contributed by atoms with Gasteiger partial charge in [0, 0.05) is 31.2 Å². The molecule has 1 unspecified atom stereocenters. The van der Waals surface area contributed by atoms with E-state index >= 15 is 0 Å². The molecule has 0 bridgehead atoms. The number of para-hydroxylation sites is 1. The minimum absolute atomic E-state index is 0. The van der Waals surface area contributed by atoms with Crippen LogP contribution in [0.5, 0.6) is 0 Å². The zero-order valence-electron chi connectivity index (χ0n) is 16.2. The Labute approximate surface area is 180 Å². The maximum Gasteiger partial charge on any atom is 0.220 e. The summed E-state index contributed by atoms with van der Waals surface area (Å²) in [6.45, 7) is 2.80. The quantitative estimate of drug-likeness (QED) is 0.655. The maximum absolute atomic E-state index is 12.3. The van der Waals surface area contributed by atoms with Crippen molar-refractivity contribution < 1.29 is 4.79 Å². The molecule has 28 heavy (non-hydrogen) atoms. The molecule has 1 amide bonds. The molecule has 1 saturated heterocycles. The second-order valence-corrected chi connectivity index (χ2v) is 7.11. The number of rotatable bonds is 7. The summed E-state index contributed by atoms with van der Waals surface area (Å²) in [4.78, 5) is 14.8. The van der Waals surface area contributed by atoms with E-state index in [4.69, 9.17) is 5.73 Å². The van der Waals surface area contributed by atoms with Gasteiger partial charge in [0.25, 0.3) is 0 Å². The first-order chi connectivity index (χ1) is 12.7. The van der Waals surface area contributed by atoms with Crippen LogP contribution < -0.4 is 11.1 Å². The Morgan fingerprint density at radius 1 is 1.04 bits per heavy atom. The number of nitrogen functional groups attached to an aromatic ring is 1. The molecule has 6 heteroatoms. The Bertz CT molecular complexity index is 712. The largest absolute Gasteiger partial charge is 0.399 e. The summed E-state index contributed by atoms with van der Waals surface area (Å²) >= 11 is 0. The van der Waals surface area contributed by atoms with Crippen LogP contribution >= 0.6 is 24.8 Å². The minimum Gasteiger partial charge on any atom is -0.399 e. The summed E-state index contributed by atoms with van der Waals surface area (Å²) in [5.74, 6) is 0.110. The van der Waals surface area contributed by atoms with Crippen molar-refractivity contribution in [2.24, 2.45) is 0 Å². The van der Waals surface area contributed by atoms with E-state index < -0.39 is 0 Å². The predicted molar refractivity (Wildman–Crippen MR) is 121 cm³/mol. The van der Waals surface area contributed by atoms with Gasteiger partial charge in [-0.15, -0.1) is 24.8 Å². The third-order valence-corrected chi connectivity index (χ3v) is 5.19. The summed E-state index contributed by atoms with van der Waals surface area (Å²) < 4.78 is 0. The van der Waals surface area contributed by atoms with Crippen LogP contribution in [0.4, 0.5) is 5.69 Å². The molecule has 1 heterocycles. The maximum atomic E-state index is 12.3.